The largest absolute Gasteiger partial charge is 0.340 e. The molecule has 0 atom stereocenters. The summed E-state index contributed by atoms with van der Waals surface area (Å²) in [6, 6.07) is 4.07. The maximum atomic E-state index is 12.2. The van der Waals surface area contributed by atoms with Crippen LogP contribution in [0.4, 0.5) is 0 Å². The highest BCUT2D eigenvalue weighted by atomic mass is 35.5. The molecule has 0 aromatic heterocycles. The first kappa shape index (κ1) is 13.0. The Morgan fingerprint density at radius 1 is 1.25 bits per heavy atom. The fourth-order valence-electron chi connectivity index (χ4n) is 1.94. The van der Waals surface area contributed by atoms with Crippen molar-refractivity contribution in [3.63, 3.8) is 0 Å². The molecule has 0 bridgehead atoms. The minimum Gasteiger partial charge on any atom is -0.340 e. The number of hydrogen-bond acceptors (Lipinski definition) is 1. The van der Waals surface area contributed by atoms with Gasteiger partial charge in [-0.25, -0.2) is 0 Å². The van der Waals surface area contributed by atoms with Crippen LogP contribution in [0.25, 0.3) is 0 Å². The summed E-state index contributed by atoms with van der Waals surface area (Å²) < 4.78 is 0. The lowest BCUT2D eigenvalue weighted by atomic mass is 9.99. The smallest absolute Gasteiger partial charge is 0.254 e. The lowest BCUT2D eigenvalue weighted by Gasteiger charge is -2.19. The Bertz CT molecular complexity index is 378. The molecule has 0 aliphatic rings. The van der Waals surface area contributed by atoms with E-state index in [1.165, 1.54) is 5.56 Å². The van der Waals surface area contributed by atoms with E-state index in [1.54, 1.807) is 11.9 Å². The van der Waals surface area contributed by atoms with Gasteiger partial charge in [-0.15, -0.1) is 11.6 Å². The molecule has 0 aliphatic heterocycles. The first-order chi connectivity index (χ1) is 7.47. The summed E-state index contributed by atoms with van der Waals surface area (Å²) in [7, 11) is 1.78. The lowest BCUT2D eigenvalue weighted by molar-refractivity contribution is 0.0802. The molecule has 0 saturated carbocycles. The SMILES string of the molecule is Cc1cc(C)c(C(=O)N(C)CCCl)c(C)c1. The predicted molar refractivity (Wildman–Crippen MR) is 68.3 cm³/mol. The van der Waals surface area contributed by atoms with Crippen molar-refractivity contribution in [2.45, 2.75) is 20.8 Å². The first-order valence-corrected chi connectivity index (χ1v) is 5.90. The van der Waals surface area contributed by atoms with E-state index in [2.05, 4.69) is 0 Å². The number of aryl methyl sites for hydroxylation is 3. The molecule has 0 heterocycles. The molecule has 1 rings (SSSR count). The zero-order valence-electron chi connectivity index (χ0n) is 10.3. The molecule has 0 fully saturated rings. The average molecular weight is 240 g/mol. The van der Waals surface area contributed by atoms with Crippen molar-refractivity contribution >= 4 is 17.5 Å². The zero-order valence-corrected chi connectivity index (χ0v) is 11.1. The number of nitrogens with zero attached hydrogens (tertiary/aromatic N) is 1. The Labute approximate surface area is 102 Å². The van der Waals surface area contributed by atoms with Gasteiger partial charge in [0.25, 0.3) is 5.91 Å². The summed E-state index contributed by atoms with van der Waals surface area (Å²) in [6.45, 7) is 6.56. The van der Waals surface area contributed by atoms with Gasteiger partial charge in [-0.2, -0.15) is 0 Å². The molecule has 1 aromatic rings. The molecule has 88 valence electrons. The normalized spacial score (nSPS) is 10.3. The van der Waals surface area contributed by atoms with Crippen molar-refractivity contribution in [3.05, 3.63) is 34.4 Å². The minimum absolute atomic E-state index is 0.0515. The molecule has 1 aromatic carbocycles. The lowest BCUT2D eigenvalue weighted by Crippen LogP contribution is -2.29. The summed E-state index contributed by atoms with van der Waals surface area (Å²) in [4.78, 5) is 13.8. The fourth-order valence-corrected chi connectivity index (χ4v) is 2.19. The molecule has 3 heteroatoms. The first-order valence-electron chi connectivity index (χ1n) is 5.36. The van der Waals surface area contributed by atoms with Gasteiger partial charge in [0.2, 0.25) is 0 Å². The highest BCUT2D eigenvalue weighted by Gasteiger charge is 2.16. The number of hydrogen-bond donors (Lipinski definition) is 0. The maximum Gasteiger partial charge on any atom is 0.254 e. The summed E-state index contributed by atoms with van der Waals surface area (Å²) in [5.74, 6) is 0.516. The Morgan fingerprint density at radius 3 is 2.19 bits per heavy atom. The summed E-state index contributed by atoms with van der Waals surface area (Å²) >= 11 is 5.64. The van der Waals surface area contributed by atoms with Crippen LogP contribution in [0.5, 0.6) is 0 Å². The van der Waals surface area contributed by atoms with Gasteiger partial charge in [0, 0.05) is 25.0 Å². The van der Waals surface area contributed by atoms with Crippen LogP contribution in [0.15, 0.2) is 12.1 Å². The highest BCUT2D eigenvalue weighted by Crippen LogP contribution is 2.17. The van der Waals surface area contributed by atoms with E-state index in [1.807, 2.05) is 32.9 Å². The monoisotopic (exact) mass is 239 g/mol. The number of rotatable bonds is 3. The highest BCUT2D eigenvalue weighted by molar-refractivity contribution is 6.18. The minimum atomic E-state index is 0.0515. The van der Waals surface area contributed by atoms with Gasteiger partial charge in [0.15, 0.2) is 0 Å². The second-order valence-electron chi connectivity index (χ2n) is 4.19. The topological polar surface area (TPSA) is 20.3 Å². The van der Waals surface area contributed by atoms with Crippen molar-refractivity contribution in [3.8, 4) is 0 Å². The number of alkyl halides is 1. The summed E-state index contributed by atoms with van der Waals surface area (Å²) in [5.41, 5.74) is 4.05. The van der Waals surface area contributed by atoms with Gasteiger partial charge in [-0.1, -0.05) is 17.7 Å². The van der Waals surface area contributed by atoms with Crippen LogP contribution in [-0.2, 0) is 0 Å². The molecule has 16 heavy (non-hydrogen) atoms. The molecular formula is C13H18ClNO. The van der Waals surface area contributed by atoms with Gasteiger partial charge in [-0.3, -0.25) is 4.79 Å². The molecule has 0 radical (unpaired) electrons. The summed E-state index contributed by atoms with van der Waals surface area (Å²) in [6.07, 6.45) is 0. The van der Waals surface area contributed by atoms with Crippen LogP contribution >= 0.6 is 11.6 Å². The molecular weight excluding hydrogens is 222 g/mol. The second kappa shape index (κ2) is 5.35. The Kier molecular flexibility index (Phi) is 4.36. The third kappa shape index (κ3) is 2.76. The molecule has 0 spiro atoms. The van der Waals surface area contributed by atoms with E-state index in [0.717, 1.165) is 16.7 Å². The number of carbonyl (C=O) groups excluding carboxylic acids is 1. The molecule has 1 amide bonds. The quantitative estimate of drug-likeness (QED) is 0.743. The predicted octanol–water partition coefficient (Wildman–Crippen LogP) is 2.92. The van der Waals surface area contributed by atoms with E-state index in [9.17, 15) is 4.79 Å². The molecule has 0 N–H and O–H groups in total. The number of halogens is 1. The Balaban J connectivity index is 3.08. The van der Waals surface area contributed by atoms with Crippen LogP contribution in [0.1, 0.15) is 27.0 Å². The van der Waals surface area contributed by atoms with E-state index in [0.29, 0.717) is 12.4 Å². The van der Waals surface area contributed by atoms with Crippen LogP contribution in [0.3, 0.4) is 0 Å². The van der Waals surface area contributed by atoms with Crippen molar-refractivity contribution < 1.29 is 4.79 Å². The molecule has 0 unspecified atom stereocenters. The van der Waals surface area contributed by atoms with Gasteiger partial charge in [0.05, 0.1) is 0 Å². The van der Waals surface area contributed by atoms with E-state index < -0.39 is 0 Å². The van der Waals surface area contributed by atoms with Gasteiger partial charge in [0.1, 0.15) is 0 Å². The number of benzene rings is 1. The third-order valence-electron chi connectivity index (χ3n) is 2.66. The standard InChI is InChI=1S/C13H18ClNO/c1-9-7-10(2)12(11(3)8-9)13(16)15(4)6-5-14/h7-8H,5-6H2,1-4H3. The maximum absolute atomic E-state index is 12.2. The van der Waals surface area contributed by atoms with Crippen molar-refractivity contribution in [1.29, 1.82) is 0 Å². The van der Waals surface area contributed by atoms with Crippen LogP contribution < -0.4 is 0 Å². The van der Waals surface area contributed by atoms with Crippen molar-refractivity contribution in [1.82, 2.24) is 4.90 Å². The average Bonchev–Trinajstić information content (AvgIpc) is 2.16. The molecule has 0 saturated heterocycles. The second-order valence-corrected chi connectivity index (χ2v) is 4.57. The summed E-state index contributed by atoms with van der Waals surface area (Å²) in [5, 5.41) is 0. The number of carbonyl (C=O) groups is 1. The van der Waals surface area contributed by atoms with E-state index in [4.69, 9.17) is 11.6 Å². The van der Waals surface area contributed by atoms with Crippen LogP contribution in [-0.4, -0.2) is 30.3 Å². The van der Waals surface area contributed by atoms with Crippen LogP contribution in [0.2, 0.25) is 0 Å². The van der Waals surface area contributed by atoms with E-state index in [-0.39, 0.29) is 5.91 Å². The van der Waals surface area contributed by atoms with E-state index >= 15 is 0 Å². The third-order valence-corrected chi connectivity index (χ3v) is 2.83. The van der Waals surface area contributed by atoms with Crippen molar-refractivity contribution in [2.75, 3.05) is 19.5 Å². The Hall–Kier alpha value is -1.02. The molecule has 0 aliphatic carbocycles. The molecule has 2 nitrogen and oxygen atoms in total. The Morgan fingerprint density at radius 2 is 1.75 bits per heavy atom. The van der Waals surface area contributed by atoms with Gasteiger partial charge in [-0.05, 0) is 31.9 Å². The van der Waals surface area contributed by atoms with Gasteiger partial charge >= 0.3 is 0 Å². The van der Waals surface area contributed by atoms with Crippen LogP contribution in [0, 0.1) is 20.8 Å². The number of amides is 1. The fraction of sp³-hybridized carbons (Fsp3) is 0.462. The van der Waals surface area contributed by atoms with Crippen molar-refractivity contribution in [2.24, 2.45) is 0 Å². The van der Waals surface area contributed by atoms with Gasteiger partial charge < -0.3 is 4.90 Å². The zero-order chi connectivity index (χ0) is 12.3.